The Morgan fingerprint density at radius 2 is 2.00 bits per heavy atom. The minimum atomic E-state index is -3.15. The van der Waals surface area contributed by atoms with Crippen molar-refractivity contribution < 1.29 is 17.9 Å². The highest BCUT2D eigenvalue weighted by Crippen LogP contribution is 2.12. The number of methoxy groups -OCH3 is 1. The van der Waals surface area contributed by atoms with E-state index in [1.165, 1.54) is 0 Å². The van der Waals surface area contributed by atoms with E-state index in [4.69, 9.17) is 4.74 Å². The summed E-state index contributed by atoms with van der Waals surface area (Å²) in [6, 6.07) is -0.0449. The van der Waals surface area contributed by atoms with Gasteiger partial charge >= 0.3 is 0 Å². The van der Waals surface area contributed by atoms with Crippen LogP contribution >= 0.6 is 0 Å². The molecular weight excluding hydrogens is 244 g/mol. The molecule has 0 spiro atoms. The van der Waals surface area contributed by atoms with Crippen LogP contribution in [0.2, 0.25) is 0 Å². The average molecular weight is 264 g/mol. The summed E-state index contributed by atoms with van der Waals surface area (Å²) in [6.45, 7) is 1.64. The van der Waals surface area contributed by atoms with Gasteiger partial charge in [0.2, 0.25) is 15.9 Å². The Morgan fingerprint density at radius 3 is 2.47 bits per heavy atom. The lowest BCUT2D eigenvalue weighted by Crippen LogP contribution is -2.46. The maximum Gasteiger partial charge on any atom is 0.224 e. The van der Waals surface area contributed by atoms with E-state index in [1.807, 2.05) is 0 Å². The quantitative estimate of drug-likeness (QED) is 0.730. The molecule has 0 aliphatic carbocycles. The SMILES string of the molecule is COCCC(=O)N1CCC(NS(C)(=O)=O)CC1. The number of likely N-dealkylation sites (tertiary alicyclic amines) is 1. The van der Waals surface area contributed by atoms with Gasteiger partial charge in [-0.15, -0.1) is 0 Å². The van der Waals surface area contributed by atoms with Crippen molar-refractivity contribution in [2.45, 2.75) is 25.3 Å². The van der Waals surface area contributed by atoms with E-state index >= 15 is 0 Å². The molecule has 0 aromatic heterocycles. The number of ether oxygens (including phenoxy) is 1. The summed E-state index contributed by atoms with van der Waals surface area (Å²) in [5.41, 5.74) is 0. The minimum Gasteiger partial charge on any atom is -0.384 e. The van der Waals surface area contributed by atoms with Gasteiger partial charge in [0, 0.05) is 26.2 Å². The zero-order chi connectivity index (χ0) is 12.9. The van der Waals surface area contributed by atoms with Crippen molar-refractivity contribution in [3.05, 3.63) is 0 Å². The number of amides is 1. The molecule has 0 aromatic rings. The molecule has 0 unspecified atom stereocenters. The molecular formula is C10H20N2O4S. The Bertz CT molecular complexity index is 347. The molecule has 1 rings (SSSR count). The molecule has 1 aliphatic rings. The standard InChI is InChI=1S/C10H20N2O4S/c1-16-8-5-10(13)12-6-3-9(4-7-12)11-17(2,14)15/h9,11H,3-8H2,1-2H3. The van der Waals surface area contributed by atoms with Crippen molar-refractivity contribution in [1.82, 2.24) is 9.62 Å². The molecule has 100 valence electrons. The van der Waals surface area contributed by atoms with Crippen molar-refractivity contribution in [2.75, 3.05) is 33.1 Å². The summed E-state index contributed by atoms with van der Waals surface area (Å²) in [5.74, 6) is 0.0738. The number of sulfonamides is 1. The second kappa shape index (κ2) is 6.32. The van der Waals surface area contributed by atoms with Crippen LogP contribution in [0.4, 0.5) is 0 Å². The predicted octanol–water partition coefficient (Wildman–Crippen LogP) is -0.437. The fourth-order valence-corrected chi connectivity index (χ4v) is 2.74. The summed E-state index contributed by atoms with van der Waals surface area (Å²) >= 11 is 0. The van der Waals surface area contributed by atoms with E-state index in [0.29, 0.717) is 39.0 Å². The molecule has 0 radical (unpaired) electrons. The zero-order valence-electron chi connectivity index (χ0n) is 10.3. The van der Waals surface area contributed by atoms with Gasteiger partial charge in [-0.25, -0.2) is 13.1 Å². The second-order valence-corrected chi connectivity index (χ2v) is 6.07. The van der Waals surface area contributed by atoms with Crippen LogP contribution in [-0.2, 0) is 19.6 Å². The minimum absolute atomic E-state index is 0.0449. The average Bonchev–Trinajstić information content (AvgIpc) is 2.24. The van der Waals surface area contributed by atoms with Crippen LogP contribution in [0, 0.1) is 0 Å². The third-order valence-corrected chi connectivity index (χ3v) is 3.51. The van der Waals surface area contributed by atoms with E-state index in [1.54, 1.807) is 12.0 Å². The molecule has 6 nitrogen and oxygen atoms in total. The summed E-state index contributed by atoms with van der Waals surface area (Å²) in [7, 11) is -1.58. The first-order valence-corrected chi connectivity index (χ1v) is 7.55. The third-order valence-electron chi connectivity index (χ3n) is 2.75. The number of carbonyl (C=O) groups is 1. The first-order valence-electron chi connectivity index (χ1n) is 5.66. The smallest absolute Gasteiger partial charge is 0.224 e. The first-order chi connectivity index (χ1) is 7.92. The number of rotatable bonds is 5. The normalized spacial score (nSPS) is 18.4. The maximum absolute atomic E-state index is 11.7. The number of nitrogens with zero attached hydrogens (tertiary/aromatic N) is 1. The molecule has 17 heavy (non-hydrogen) atoms. The molecule has 1 aliphatic heterocycles. The summed E-state index contributed by atoms with van der Waals surface area (Å²) < 4.78 is 29.5. The van der Waals surface area contributed by atoms with Crippen LogP contribution in [0.5, 0.6) is 0 Å². The van der Waals surface area contributed by atoms with Crippen molar-refractivity contribution in [3.8, 4) is 0 Å². The Kier molecular flexibility index (Phi) is 5.35. The lowest BCUT2D eigenvalue weighted by atomic mass is 10.1. The van der Waals surface area contributed by atoms with Gasteiger partial charge in [-0.05, 0) is 12.8 Å². The topological polar surface area (TPSA) is 75.7 Å². The molecule has 1 fully saturated rings. The molecule has 0 saturated carbocycles. The van der Waals surface area contributed by atoms with Crippen LogP contribution in [0.1, 0.15) is 19.3 Å². The molecule has 1 amide bonds. The summed E-state index contributed by atoms with van der Waals surface area (Å²) in [4.78, 5) is 13.4. The predicted molar refractivity (Wildman–Crippen MR) is 64.1 cm³/mol. The van der Waals surface area contributed by atoms with Gasteiger partial charge in [-0.3, -0.25) is 4.79 Å². The van der Waals surface area contributed by atoms with E-state index in [-0.39, 0.29) is 11.9 Å². The number of hydrogen-bond donors (Lipinski definition) is 1. The highest BCUT2D eigenvalue weighted by molar-refractivity contribution is 7.88. The van der Waals surface area contributed by atoms with Crippen molar-refractivity contribution in [2.24, 2.45) is 0 Å². The molecule has 1 N–H and O–H groups in total. The van der Waals surface area contributed by atoms with Crippen LogP contribution in [0.3, 0.4) is 0 Å². The van der Waals surface area contributed by atoms with E-state index in [0.717, 1.165) is 6.26 Å². The maximum atomic E-state index is 11.7. The van der Waals surface area contributed by atoms with Crippen molar-refractivity contribution in [1.29, 1.82) is 0 Å². The molecule has 1 heterocycles. The highest BCUT2D eigenvalue weighted by atomic mass is 32.2. The van der Waals surface area contributed by atoms with Gasteiger partial charge in [0.05, 0.1) is 19.3 Å². The van der Waals surface area contributed by atoms with Gasteiger partial charge in [-0.2, -0.15) is 0 Å². The van der Waals surface area contributed by atoms with E-state index in [9.17, 15) is 13.2 Å². The Balaban J connectivity index is 2.33. The largest absolute Gasteiger partial charge is 0.384 e. The fraction of sp³-hybridized carbons (Fsp3) is 0.900. The van der Waals surface area contributed by atoms with Gasteiger partial charge in [0.15, 0.2) is 0 Å². The van der Waals surface area contributed by atoms with Gasteiger partial charge < -0.3 is 9.64 Å². The third kappa shape index (κ3) is 5.47. The molecule has 0 aromatic carbocycles. The van der Waals surface area contributed by atoms with Crippen LogP contribution < -0.4 is 4.72 Å². The Morgan fingerprint density at radius 1 is 1.41 bits per heavy atom. The molecule has 1 saturated heterocycles. The Hall–Kier alpha value is -0.660. The molecule has 0 bridgehead atoms. The van der Waals surface area contributed by atoms with Crippen LogP contribution in [0.25, 0.3) is 0 Å². The Labute approximate surface area is 102 Å². The molecule has 0 atom stereocenters. The molecule has 7 heteroatoms. The van der Waals surface area contributed by atoms with E-state index < -0.39 is 10.0 Å². The number of hydrogen-bond acceptors (Lipinski definition) is 4. The summed E-state index contributed by atoms with van der Waals surface area (Å²) in [5, 5.41) is 0. The first kappa shape index (κ1) is 14.4. The highest BCUT2D eigenvalue weighted by Gasteiger charge is 2.23. The van der Waals surface area contributed by atoms with Crippen LogP contribution in [0.15, 0.2) is 0 Å². The lowest BCUT2D eigenvalue weighted by molar-refractivity contribution is -0.133. The van der Waals surface area contributed by atoms with Gasteiger partial charge in [0.25, 0.3) is 0 Å². The number of nitrogens with one attached hydrogen (secondary N) is 1. The van der Waals surface area contributed by atoms with Crippen molar-refractivity contribution >= 4 is 15.9 Å². The zero-order valence-corrected chi connectivity index (χ0v) is 11.1. The lowest BCUT2D eigenvalue weighted by Gasteiger charge is -2.32. The number of carbonyl (C=O) groups excluding carboxylic acids is 1. The summed E-state index contributed by atoms with van der Waals surface area (Å²) in [6.07, 6.45) is 2.89. The number of piperidine rings is 1. The van der Waals surface area contributed by atoms with Gasteiger partial charge in [0.1, 0.15) is 0 Å². The van der Waals surface area contributed by atoms with Crippen molar-refractivity contribution in [3.63, 3.8) is 0 Å². The van der Waals surface area contributed by atoms with Crippen LogP contribution in [-0.4, -0.2) is 58.3 Å². The monoisotopic (exact) mass is 264 g/mol. The fourth-order valence-electron chi connectivity index (χ4n) is 1.90. The second-order valence-electron chi connectivity index (χ2n) is 4.29. The van der Waals surface area contributed by atoms with Gasteiger partial charge in [-0.1, -0.05) is 0 Å². The van der Waals surface area contributed by atoms with E-state index in [2.05, 4.69) is 4.72 Å².